The van der Waals surface area contributed by atoms with Crippen molar-refractivity contribution in [3.8, 4) is 0 Å². The van der Waals surface area contributed by atoms with E-state index in [2.05, 4.69) is 19.2 Å². The molecule has 0 aliphatic heterocycles. The summed E-state index contributed by atoms with van der Waals surface area (Å²) < 4.78 is 0. The molecule has 0 radical (unpaired) electrons. The molecule has 0 aliphatic carbocycles. The lowest BCUT2D eigenvalue weighted by Crippen LogP contribution is -2.37. The maximum atomic E-state index is 12.1. The Balaban J connectivity index is 2.79. The lowest BCUT2D eigenvalue weighted by atomic mass is 9.95. The van der Waals surface area contributed by atoms with Gasteiger partial charge in [-0.25, -0.2) is 0 Å². The number of hydrogen-bond donors (Lipinski definition) is 2. The third kappa shape index (κ3) is 3.64. The first-order chi connectivity index (χ1) is 8.49. The number of nitrogens with two attached hydrogens (primary N) is 1. The first-order valence-electron chi connectivity index (χ1n) is 6.35. The first-order valence-corrected chi connectivity index (χ1v) is 6.73. The van der Waals surface area contributed by atoms with Crippen LogP contribution in [0.15, 0.2) is 18.2 Å². The number of nitrogens with one attached hydrogen (secondary N) is 1. The highest BCUT2D eigenvalue weighted by atomic mass is 35.5. The molecule has 1 aromatic rings. The molecule has 0 saturated carbocycles. The molecule has 100 valence electrons. The van der Waals surface area contributed by atoms with Crippen molar-refractivity contribution in [2.75, 3.05) is 5.73 Å². The van der Waals surface area contributed by atoms with Gasteiger partial charge in [0, 0.05) is 11.7 Å². The number of hydrogen-bond acceptors (Lipinski definition) is 2. The van der Waals surface area contributed by atoms with Crippen molar-refractivity contribution < 1.29 is 4.79 Å². The molecule has 0 saturated heterocycles. The smallest absolute Gasteiger partial charge is 0.253 e. The molecule has 0 heterocycles. The molecule has 0 fully saturated rings. The number of carbonyl (C=O) groups excluding carboxylic acids is 1. The van der Waals surface area contributed by atoms with Crippen molar-refractivity contribution in [3.05, 3.63) is 28.8 Å². The molecule has 0 aromatic heterocycles. The summed E-state index contributed by atoms with van der Waals surface area (Å²) in [6.07, 6.45) is 2.09. The SMILES string of the molecule is CCC(CC)C(C)NC(=O)c1cc(N)ccc1Cl. The Morgan fingerprint density at radius 2 is 2.00 bits per heavy atom. The quantitative estimate of drug-likeness (QED) is 0.804. The number of anilines is 1. The average molecular weight is 269 g/mol. The molecule has 1 atom stereocenters. The molecule has 0 aliphatic rings. The zero-order valence-electron chi connectivity index (χ0n) is 11.2. The normalized spacial score (nSPS) is 12.5. The lowest BCUT2D eigenvalue weighted by Gasteiger charge is -2.22. The molecule has 0 spiro atoms. The summed E-state index contributed by atoms with van der Waals surface area (Å²) in [4.78, 5) is 12.1. The van der Waals surface area contributed by atoms with Crippen LogP contribution >= 0.6 is 11.6 Å². The Labute approximate surface area is 114 Å². The van der Waals surface area contributed by atoms with Gasteiger partial charge in [-0.3, -0.25) is 4.79 Å². The maximum absolute atomic E-state index is 12.1. The van der Waals surface area contributed by atoms with Gasteiger partial charge in [-0.05, 0) is 31.0 Å². The van der Waals surface area contributed by atoms with Gasteiger partial charge < -0.3 is 11.1 Å². The van der Waals surface area contributed by atoms with Gasteiger partial charge in [-0.15, -0.1) is 0 Å². The molecule has 1 rings (SSSR count). The van der Waals surface area contributed by atoms with E-state index in [0.29, 0.717) is 22.2 Å². The number of rotatable bonds is 5. The van der Waals surface area contributed by atoms with E-state index < -0.39 is 0 Å². The average Bonchev–Trinajstić information content (AvgIpc) is 2.33. The number of carbonyl (C=O) groups is 1. The van der Waals surface area contributed by atoms with Gasteiger partial charge in [0.15, 0.2) is 0 Å². The molecule has 1 unspecified atom stereocenters. The van der Waals surface area contributed by atoms with Crippen molar-refractivity contribution in [2.24, 2.45) is 5.92 Å². The Morgan fingerprint density at radius 3 is 2.56 bits per heavy atom. The van der Waals surface area contributed by atoms with Crippen LogP contribution in [0.25, 0.3) is 0 Å². The largest absolute Gasteiger partial charge is 0.399 e. The highest BCUT2D eigenvalue weighted by Gasteiger charge is 2.18. The Bertz CT molecular complexity index is 416. The fourth-order valence-corrected chi connectivity index (χ4v) is 2.32. The number of amides is 1. The second-order valence-corrected chi connectivity index (χ2v) is 4.99. The van der Waals surface area contributed by atoms with E-state index in [4.69, 9.17) is 17.3 Å². The molecule has 3 nitrogen and oxygen atoms in total. The van der Waals surface area contributed by atoms with E-state index in [1.165, 1.54) is 0 Å². The second-order valence-electron chi connectivity index (χ2n) is 4.58. The van der Waals surface area contributed by atoms with E-state index in [1.807, 2.05) is 6.92 Å². The predicted molar refractivity (Wildman–Crippen MR) is 76.9 cm³/mol. The van der Waals surface area contributed by atoms with Crippen LogP contribution in [0, 0.1) is 5.92 Å². The van der Waals surface area contributed by atoms with Crippen molar-refractivity contribution in [1.82, 2.24) is 5.32 Å². The molecular formula is C14H21ClN2O. The predicted octanol–water partition coefficient (Wildman–Crippen LogP) is 3.48. The molecule has 0 bridgehead atoms. The van der Waals surface area contributed by atoms with Crippen LogP contribution in [0.2, 0.25) is 5.02 Å². The van der Waals surface area contributed by atoms with Crippen molar-refractivity contribution in [1.29, 1.82) is 0 Å². The summed E-state index contributed by atoms with van der Waals surface area (Å²) in [6, 6.07) is 5.07. The third-order valence-electron chi connectivity index (χ3n) is 3.35. The minimum absolute atomic E-state index is 0.130. The Hall–Kier alpha value is -1.22. The summed E-state index contributed by atoms with van der Waals surface area (Å²) in [5.41, 5.74) is 6.65. The van der Waals surface area contributed by atoms with Gasteiger partial charge in [-0.2, -0.15) is 0 Å². The van der Waals surface area contributed by atoms with Gasteiger partial charge in [0.1, 0.15) is 0 Å². The van der Waals surface area contributed by atoms with E-state index in [0.717, 1.165) is 12.8 Å². The van der Waals surface area contributed by atoms with Crippen LogP contribution in [0.5, 0.6) is 0 Å². The molecule has 1 amide bonds. The molecule has 1 aromatic carbocycles. The lowest BCUT2D eigenvalue weighted by molar-refractivity contribution is 0.0925. The summed E-state index contributed by atoms with van der Waals surface area (Å²) in [5.74, 6) is 0.320. The van der Waals surface area contributed by atoms with Crippen LogP contribution < -0.4 is 11.1 Å². The van der Waals surface area contributed by atoms with Crippen LogP contribution in [-0.2, 0) is 0 Å². The van der Waals surface area contributed by atoms with Crippen molar-refractivity contribution >= 4 is 23.2 Å². The van der Waals surface area contributed by atoms with Gasteiger partial charge in [0.2, 0.25) is 0 Å². The molecule has 4 heteroatoms. The highest BCUT2D eigenvalue weighted by molar-refractivity contribution is 6.34. The molecular weight excluding hydrogens is 248 g/mol. The number of nitrogen functional groups attached to an aromatic ring is 1. The van der Waals surface area contributed by atoms with Crippen LogP contribution in [0.3, 0.4) is 0 Å². The zero-order valence-corrected chi connectivity index (χ0v) is 11.9. The fraction of sp³-hybridized carbons (Fsp3) is 0.500. The fourth-order valence-electron chi connectivity index (χ4n) is 2.12. The number of benzene rings is 1. The molecule has 3 N–H and O–H groups in total. The summed E-state index contributed by atoms with van der Waals surface area (Å²) in [6.45, 7) is 6.28. The topological polar surface area (TPSA) is 55.1 Å². The van der Waals surface area contributed by atoms with Crippen molar-refractivity contribution in [3.63, 3.8) is 0 Å². The summed E-state index contributed by atoms with van der Waals surface area (Å²) >= 11 is 6.01. The maximum Gasteiger partial charge on any atom is 0.253 e. The Morgan fingerprint density at radius 1 is 1.39 bits per heavy atom. The van der Waals surface area contributed by atoms with Gasteiger partial charge >= 0.3 is 0 Å². The van der Waals surface area contributed by atoms with E-state index in [9.17, 15) is 4.79 Å². The standard InChI is InChI=1S/C14H21ClN2O/c1-4-10(5-2)9(3)17-14(18)12-8-11(16)6-7-13(12)15/h6-10H,4-5,16H2,1-3H3,(H,17,18). The monoisotopic (exact) mass is 268 g/mol. The molecule has 18 heavy (non-hydrogen) atoms. The van der Waals surface area contributed by atoms with Gasteiger partial charge in [0.25, 0.3) is 5.91 Å². The summed E-state index contributed by atoms with van der Waals surface area (Å²) in [5, 5.41) is 3.42. The van der Waals surface area contributed by atoms with Gasteiger partial charge in [-0.1, -0.05) is 38.3 Å². The second kappa shape index (κ2) is 6.64. The van der Waals surface area contributed by atoms with Gasteiger partial charge in [0.05, 0.1) is 10.6 Å². The summed E-state index contributed by atoms with van der Waals surface area (Å²) in [7, 11) is 0. The minimum atomic E-state index is -0.160. The van der Waals surface area contributed by atoms with Crippen LogP contribution in [-0.4, -0.2) is 11.9 Å². The number of halogens is 1. The first kappa shape index (κ1) is 14.8. The third-order valence-corrected chi connectivity index (χ3v) is 3.68. The zero-order chi connectivity index (χ0) is 13.7. The Kier molecular flexibility index (Phi) is 5.48. The van der Waals surface area contributed by atoms with E-state index in [1.54, 1.807) is 18.2 Å². The minimum Gasteiger partial charge on any atom is -0.399 e. The van der Waals surface area contributed by atoms with E-state index >= 15 is 0 Å². The van der Waals surface area contributed by atoms with Crippen LogP contribution in [0.4, 0.5) is 5.69 Å². The van der Waals surface area contributed by atoms with E-state index in [-0.39, 0.29) is 11.9 Å². The van der Waals surface area contributed by atoms with Crippen LogP contribution in [0.1, 0.15) is 44.0 Å². The highest BCUT2D eigenvalue weighted by Crippen LogP contribution is 2.20. The van der Waals surface area contributed by atoms with Crippen molar-refractivity contribution in [2.45, 2.75) is 39.7 Å².